The Morgan fingerprint density at radius 3 is 2.47 bits per heavy atom. The predicted molar refractivity (Wildman–Crippen MR) is 124 cm³/mol. The number of carbonyl (C=O) groups excluding carboxylic acids is 1. The predicted octanol–water partition coefficient (Wildman–Crippen LogP) is 3.09. The molecule has 1 aromatic heterocycles. The first-order valence-electron chi connectivity index (χ1n) is 10.5. The van der Waals surface area contributed by atoms with Gasteiger partial charge in [-0.15, -0.1) is 0 Å². The molecule has 0 aliphatic rings. The summed E-state index contributed by atoms with van der Waals surface area (Å²) in [4.78, 5) is 24.9. The van der Waals surface area contributed by atoms with E-state index in [1.165, 1.54) is 34.9 Å². The molecule has 1 heterocycles. The van der Waals surface area contributed by atoms with Gasteiger partial charge in [-0.05, 0) is 54.4 Å². The highest BCUT2D eigenvalue weighted by molar-refractivity contribution is 7.89. The van der Waals surface area contributed by atoms with Crippen molar-refractivity contribution in [3.05, 3.63) is 100 Å². The molecule has 34 heavy (non-hydrogen) atoms. The van der Waals surface area contributed by atoms with Crippen molar-refractivity contribution in [1.29, 1.82) is 0 Å². The molecule has 176 valence electrons. The summed E-state index contributed by atoms with van der Waals surface area (Å²) in [6.45, 7) is 1.57. The minimum Gasteiger partial charge on any atom is -0.408 e. The van der Waals surface area contributed by atoms with Crippen LogP contribution < -0.4 is 15.8 Å². The Balaban J connectivity index is 1.43. The van der Waals surface area contributed by atoms with E-state index in [1.807, 2.05) is 0 Å². The van der Waals surface area contributed by atoms with E-state index < -0.39 is 33.5 Å². The van der Waals surface area contributed by atoms with Crippen LogP contribution in [0.25, 0.3) is 11.1 Å². The van der Waals surface area contributed by atoms with Crippen LogP contribution in [0.2, 0.25) is 0 Å². The van der Waals surface area contributed by atoms with Crippen molar-refractivity contribution in [3.63, 3.8) is 0 Å². The molecule has 4 rings (SSSR count). The number of fused-ring (bicyclic) bond motifs is 1. The van der Waals surface area contributed by atoms with E-state index in [0.29, 0.717) is 22.2 Å². The van der Waals surface area contributed by atoms with Crippen LogP contribution >= 0.6 is 0 Å². The average Bonchev–Trinajstić information content (AvgIpc) is 3.16. The maximum Gasteiger partial charge on any atom is 0.420 e. The third kappa shape index (κ3) is 5.08. The fourth-order valence-corrected chi connectivity index (χ4v) is 4.62. The van der Waals surface area contributed by atoms with Gasteiger partial charge in [0.15, 0.2) is 5.58 Å². The van der Waals surface area contributed by atoms with Crippen LogP contribution in [0.1, 0.15) is 24.1 Å². The number of oxazole rings is 1. The number of nitrogens with one attached hydrogen (secondary N) is 2. The summed E-state index contributed by atoms with van der Waals surface area (Å²) in [5, 5.41) is 2.72. The highest BCUT2D eigenvalue weighted by atomic mass is 32.2. The maximum atomic E-state index is 13.3. The van der Waals surface area contributed by atoms with Gasteiger partial charge in [0, 0.05) is 13.1 Å². The fourth-order valence-electron chi connectivity index (χ4n) is 3.54. The fraction of sp³-hybridized carbons (Fsp3) is 0.167. The van der Waals surface area contributed by atoms with Gasteiger partial charge in [-0.3, -0.25) is 9.36 Å². The number of carbonyl (C=O) groups is 1. The van der Waals surface area contributed by atoms with Gasteiger partial charge in [-0.1, -0.05) is 36.4 Å². The van der Waals surface area contributed by atoms with Crippen molar-refractivity contribution in [1.82, 2.24) is 14.6 Å². The topological polar surface area (TPSA) is 110 Å². The van der Waals surface area contributed by atoms with Gasteiger partial charge in [-0.2, -0.15) is 0 Å². The van der Waals surface area contributed by atoms with Crippen LogP contribution in [0.5, 0.6) is 0 Å². The van der Waals surface area contributed by atoms with Gasteiger partial charge in [0.25, 0.3) is 0 Å². The molecule has 0 spiro atoms. The van der Waals surface area contributed by atoms with Crippen molar-refractivity contribution in [3.8, 4) is 0 Å². The smallest absolute Gasteiger partial charge is 0.408 e. The number of para-hydroxylation sites is 2. The van der Waals surface area contributed by atoms with E-state index >= 15 is 0 Å². The summed E-state index contributed by atoms with van der Waals surface area (Å²) in [6.07, 6.45) is 0. The third-order valence-electron chi connectivity index (χ3n) is 5.32. The van der Waals surface area contributed by atoms with Gasteiger partial charge < -0.3 is 9.73 Å². The SMILES string of the molecule is CC(C(=O)NCc1cccc(S(=O)(=O)NCc2cccc(F)c2)c1)n1c(=O)oc2ccccc21. The van der Waals surface area contributed by atoms with Crippen LogP contribution in [-0.2, 0) is 27.9 Å². The largest absolute Gasteiger partial charge is 0.420 e. The van der Waals surface area contributed by atoms with E-state index in [1.54, 1.807) is 49.4 Å². The summed E-state index contributed by atoms with van der Waals surface area (Å²) in [6, 6.07) is 17.7. The quantitative estimate of drug-likeness (QED) is 0.400. The molecular weight excluding hydrogens is 461 g/mol. The summed E-state index contributed by atoms with van der Waals surface area (Å²) < 4.78 is 47.5. The lowest BCUT2D eigenvalue weighted by molar-refractivity contribution is -0.124. The first-order valence-corrected chi connectivity index (χ1v) is 11.9. The lowest BCUT2D eigenvalue weighted by atomic mass is 10.2. The highest BCUT2D eigenvalue weighted by Gasteiger charge is 2.21. The molecule has 1 amide bonds. The molecule has 0 saturated carbocycles. The van der Waals surface area contributed by atoms with Crippen molar-refractivity contribution in [2.24, 2.45) is 0 Å². The van der Waals surface area contributed by atoms with Gasteiger partial charge >= 0.3 is 5.76 Å². The summed E-state index contributed by atoms with van der Waals surface area (Å²) >= 11 is 0. The standard InChI is InChI=1S/C24H22FN3O5S/c1-16(28-21-10-2-3-11-22(21)33-24(28)30)23(29)26-14-18-7-5-9-20(13-18)34(31,32)27-15-17-6-4-8-19(25)12-17/h2-13,16,27H,14-15H2,1H3,(H,26,29). The molecule has 8 nitrogen and oxygen atoms in total. The normalized spacial score (nSPS) is 12.5. The monoisotopic (exact) mass is 483 g/mol. The van der Waals surface area contributed by atoms with Crippen molar-refractivity contribution in [2.45, 2.75) is 31.0 Å². The Hall–Kier alpha value is -3.76. The molecule has 1 atom stereocenters. The Morgan fingerprint density at radius 1 is 1.00 bits per heavy atom. The second kappa shape index (κ2) is 9.62. The Kier molecular flexibility index (Phi) is 6.62. The second-order valence-electron chi connectivity index (χ2n) is 7.70. The number of nitrogens with zero attached hydrogens (tertiary/aromatic N) is 1. The Labute approximate surface area is 195 Å². The van der Waals surface area contributed by atoms with Gasteiger partial charge in [0.05, 0.1) is 10.4 Å². The molecule has 0 saturated heterocycles. The van der Waals surface area contributed by atoms with E-state index in [9.17, 15) is 22.4 Å². The third-order valence-corrected chi connectivity index (χ3v) is 6.72. The number of hydrogen-bond donors (Lipinski definition) is 2. The molecule has 1 unspecified atom stereocenters. The lowest BCUT2D eigenvalue weighted by Gasteiger charge is -2.14. The van der Waals surface area contributed by atoms with Crippen molar-refractivity contribution >= 4 is 27.0 Å². The zero-order valence-electron chi connectivity index (χ0n) is 18.2. The highest BCUT2D eigenvalue weighted by Crippen LogP contribution is 2.17. The molecule has 0 fully saturated rings. The minimum absolute atomic E-state index is 0.0146. The summed E-state index contributed by atoms with van der Waals surface area (Å²) in [5.41, 5.74) is 1.94. The molecule has 3 aromatic carbocycles. The Bertz CT molecular complexity index is 1510. The van der Waals surface area contributed by atoms with Gasteiger partial charge in [-0.25, -0.2) is 22.3 Å². The molecule has 0 bridgehead atoms. The van der Waals surface area contributed by atoms with Crippen molar-refractivity contribution in [2.75, 3.05) is 0 Å². The average molecular weight is 484 g/mol. The summed E-state index contributed by atoms with van der Waals surface area (Å²) in [7, 11) is -3.86. The zero-order chi connectivity index (χ0) is 24.3. The molecule has 0 radical (unpaired) electrons. The Morgan fingerprint density at radius 2 is 1.71 bits per heavy atom. The minimum atomic E-state index is -3.86. The molecule has 0 aliphatic carbocycles. The number of amides is 1. The zero-order valence-corrected chi connectivity index (χ0v) is 19.0. The van der Waals surface area contributed by atoms with Crippen LogP contribution in [0.3, 0.4) is 0 Å². The van der Waals surface area contributed by atoms with E-state index in [2.05, 4.69) is 10.0 Å². The molecular formula is C24H22FN3O5S. The van der Waals surface area contributed by atoms with Crippen molar-refractivity contribution < 1.29 is 22.0 Å². The van der Waals surface area contributed by atoms with E-state index in [4.69, 9.17) is 4.42 Å². The number of rotatable bonds is 8. The first kappa shape index (κ1) is 23.4. The molecule has 4 aromatic rings. The number of benzene rings is 3. The maximum absolute atomic E-state index is 13.3. The number of aromatic nitrogens is 1. The molecule has 0 aliphatic heterocycles. The first-order chi connectivity index (χ1) is 16.2. The molecule has 10 heteroatoms. The van der Waals surface area contributed by atoms with Crippen LogP contribution in [0.15, 0.2) is 86.9 Å². The lowest BCUT2D eigenvalue weighted by Crippen LogP contribution is -2.34. The number of sulfonamides is 1. The summed E-state index contributed by atoms with van der Waals surface area (Å²) in [5.74, 6) is -1.51. The molecule has 2 N–H and O–H groups in total. The van der Waals surface area contributed by atoms with Gasteiger partial charge in [0.2, 0.25) is 15.9 Å². The van der Waals surface area contributed by atoms with E-state index in [0.717, 1.165) is 0 Å². The van der Waals surface area contributed by atoms with E-state index in [-0.39, 0.29) is 18.0 Å². The van der Waals surface area contributed by atoms with Gasteiger partial charge in [0.1, 0.15) is 11.9 Å². The second-order valence-corrected chi connectivity index (χ2v) is 9.47. The van der Waals surface area contributed by atoms with Crippen LogP contribution in [0, 0.1) is 5.82 Å². The van der Waals surface area contributed by atoms with Crippen LogP contribution in [-0.4, -0.2) is 18.9 Å². The number of hydrogen-bond acceptors (Lipinski definition) is 5. The van der Waals surface area contributed by atoms with Crippen LogP contribution in [0.4, 0.5) is 4.39 Å². The number of halogens is 1.